The smallest absolute Gasteiger partial charge is 0.132 e. The molecule has 0 atom stereocenters. The number of aromatic nitrogens is 1. The highest BCUT2D eigenvalue weighted by molar-refractivity contribution is 5.90. The number of hydrogen-bond donors (Lipinski definition) is 0. The fourth-order valence-corrected chi connectivity index (χ4v) is 8.85. The lowest BCUT2D eigenvalue weighted by Crippen LogP contribution is -2.34. The van der Waals surface area contributed by atoms with Gasteiger partial charge in [0, 0.05) is 22.3 Å². The van der Waals surface area contributed by atoms with Crippen molar-refractivity contribution in [2.24, 2.45) is 0 Å². The molecular formula is C55H39NO. The molecule has 0 bridgehead atoms. The molecule has 0 saturated carbocycles. The fraction of sp³-hybridized carbons (Fsp3) is 0.0364. The molecule has 0 N–H and O–H groups in total. The molecule has 2 heterocycles. The standard InChI is InChI=1S/C55H39NO/c1-38-47(46-30-12-11-28-44(46)39-20-5-2-6-21-39)37-51(40-22-7-3-8-23-40)56-54(38)42-25-19-24-41(36-42)45-29-13-14-31-48(45)55(43-26-9-4-10-27-43)49-32-15-17-34-52(49)57-53-35-18-16-33-50(53)55/h2-37H,1H3. The first-order chi connectivity index (χ1) is 28.2. The van der Waals surface area contributed by atoms with Gasteiger partial charge in [-0.2, -0.15) is 0 Å². The van der Waals surface area contributed by atoms with Gasteiger partial charge in [0.1, 0.15) is 11.5 Å². The van der Waals surface area contributed by atoms with Gasteiger partial charge in [-0.3, -0.25) is 0 Å². The van der Waals surface area contributed by atoms with Crippen molar-refractivity contribution < 1.29 is 4.74 Å². The second-order valence-corrected chi connectivity index (χ2v) is 14.6. The average molecular weight is 730 g/mol. The maximum absolute atomic E-state index is 6.64. The van der Waals surface area contributed by atoms with Gasteiger partial charge in [-0.15, -0.1) is 0 Å². The normalized spacial score (nSPS) is 12.6. The number of benzene rings is 8. The van der Waals surface area contributed by atoms with Gasteiger partial charge in [0.05, 0.1) is 16.8 Å². The van der Waals surface area contributed by atoms with Gasteiger partial charge in [0.2, 0.25) is 0 Å². The summed E-state index contributed by atoms with van der Waals surface area (Å²) in [4.78, 5) is 5.45. The molecule has 9 aromatic rings. The highest BCUT2D eigenvalue weighted by atomic mass is 16.5. The number of ether oxygens (including phenoxy) is 1. The Morgan fingerprint density at radius 3 is 1.53 bits per heavy atom. The van der Waals surface area contributed by atoms with Crippen molar-refractivity contribution in [1.82, 2.24) is 4.98 Å². The van der Waals surface area contributed by atoms with E-state index in [1.807, 2.05) is 0 Å². The Balaban J connectivity index is 1.20. The number of pyridine rings is 1. The molecule has 0 saturated heterocycles. The summed E-state index contributed by atoms with van der Waals surface area (Å²) in [5.74, 6) is 1.73. The van der Waals surface area contributed by atoms with Crippen LogP contribution in [0.3, 0.4) is 0 Å². The van der Waals surface area contributed by atoms with E-state index in [2.05, 4.69) is 225 Å². The zero-order valence-electron chi connectivity index (χ0n) is 31.6. The predicted octanol–water partition coefficient (Wildman–Crippen LogP) is 14.2. The van der Waals surface area contributed by atoms with Crippen LogP contribution in [0.15, 0.2) is 218 Å². The van der Waals surface area contributed by atoms with E-state index in [0.29, 0.717) is 0 Å². The summed E-state index contributed by atoms with van der Waals surface area (Å²) in [5, 5.41) is 0. The minimum absolute atomic E-state index is 0.644. The van der Waals surface area contributed by atoms with Gasteiger partial charge in [-0.1, -0.05) is 194 Å². The first-order valence-corrected chi connectivity index (χ1v) is 19.5. The number of fused-ring (bicyclic) bond motifs is 2. The molecule has 270 valence electrons. The minimum atomic E-state index is -0.644. The van der Waals surface area contributed by atoms with Gasteiger partial charge in [-0.05, 0) is 81.3 Å². The molecule has 0 aliphatic carbocycles. The van der Waals surface area contributed by atoms with Crippen LogP contribution >= 0.6 is 0 Å². The molecule has 8 aromatic carbocycles. The third-order valence-corrected chi connectivity index (χ3v) is 11.4. The Morgan fingerprint density at radius 1 is 0.368 bits per heavy atom. The molecule has 0 spiro atoms. The Labute approximate surface area is 334 Å². The maximum Gasteiger partial charge on any atom is 0.132 e. The summed E-state index contributed by atoms with van der Waals surface area (Å²) in [5.41, 5.74) is 16.2. The van der Waals surface area contributed by atoms with E-state index in [9.17, 15) is 0 Å². The largest absolute Gasteiger partial charge is 0.457 e. The van der Waals surface area contributed by atoms with E-state index in [-0.39, 0.29) is 0 Å². The lowest BCUT2D eigenvalue weighted by Gasteiger charge is -2.42. The van der Waals surface area contributed by atoms with Crippen molar-refractivity contribution in [3.05, 3.63) is 246 Å². The van der Waals surface area contributed by atoms with Crippen LogP contribution < -0.4 is 4.74 Å². The molecule has 0 amide bonds. The molecular weight excluding hydrogens is 691 g/mol. The van der Waals surface area contributed by atoms with Crippen LogP contribution in [0, 0.1) is 6.92 Å². The van der Waals surface area contributed by atoms with Gasteiger partial charge >= 0.3 is 0 Å². The number of rotatable bonds is 7. The van der Waals surface area contributed by atoms with Gasteiger partial charge in [-0.25, -0.2) is 4.98 Å². The topological polar surface area (TPSA) is 22.1 Å². The molecule has 0 fully saturated rings. The van der Waals surface area contributed by atoms with Crippen LogP contribution in [-0.2, 0) is 5.41 Å². The Hall–Kier alpha value is -7.29. The quantitative estimate of drug-likeness (QED) is 0.163. The highest BCUT2D eigenvalue weighted by Crippen LogP contribution is 2.57. The molecule has 0 unspecified atom stereocenters. The lowest BCUT2D eigenvalue weighted by atomic mass is 9.62. The molecule has 1 aliphatic heterocycles. The van der Waals surface area contributed by atoms with Gasteiger partial charge < -0.3 is 4.74 Å². The summed E-state index contributed by atoms with van der Waals surface area (Å²) in [7, 11) is 0. The summed E-state index contributed by atoms with van der Waals surface area (Å²) >= 11 is 0. The molecule has 10 rings (SSSR count). The first-order valence-electron chi connectivity index (χ1n) is 19.5. The van der Waals surface area contributed by atoms with Crippen molar-refractivity contribution in [2.75, 3.05) is 0 Å². The highest BCUT2D eigenvalue weighted by Gasteiger charge is 2.46. The van der Waals surface area contributed by atoms with Crippen LogP contribution in [0.25, 0.3) is 55.9 Å². The summed E-state index contributed by atoms with van der Waals surface area (Å²) < 4.78 is 6.64. The molecule has 2 heteroatoms. The van der Waals surface area contributed by atoms with E-state index in [4.69, 9.17) is 9.72 Å². The van der Waals surface area contributed by atoms with Gasteiger partial charge in [0.15, 0.2) is 0 Å². The van der Waals surface area contributed by atoms with E-state index >= 15 is 0 Å². The predicted molar refractivity (Wildman–Crippen MR) is 235 cm³/mol. The Bertz CT molecular complexity index is 2830. The van der Waals surface area contributed by atoms with Crippen molar-refractivity contribution in [1.29, 1.82) is 0 Å². The van der Waals surface area contributed by atoms with Crippen molar-refractivity contribution >= 4 is 0 Å². The third kappa shape index (κ3) is 5.86. The average Bonchev–Trinajstić information content (AvgIpc) is 3.29. The second kappa shape index (κ2) is 14.4. The number of nitrogens with zero attached hydrogens (tertiary/aromatic N) is 1. The number of hydrogen-bond acceptors (Lipinski definition) is 2. The lowest BCUT2D eigenvalue weighted by molar-refractivity contribution is 0.434. The third-order valence-electron chi connectivity index (χ3n) is 11.4. The second-order valence-electron chi connectivity index (χ2n) is 14.6. The number of para-hydroxylation sites is 2. The summed E-state index contributed by atoms with van der Waals surface area (Å²) in [6.07, 6.45) is 0. The van der Waals surface area contributed by atoms with Crippen LogP contribution in [0.2, 0.25) is 0 Å². The monoisotopic (exact) mass is 729 g/mol. The van der Waals surface area contributed by atoms with Crippen molar-refractivity contribution in [3.8, 4) is 67.4 Å². The van der Waals surface area contributed by atoms with E-state index in [1.165, 1.54) is 33.4 Å². The SMILES string of the molecule is Cc1c(-c2ccccc2-c2ccccc2)cc(-c2ccccc2)nc1-c1cccc(-c2ccccc2C2(c3ccccc3)c3ccccc3Oc3ccccc32)c1. The maximum atomic E-state index is 6.64. The van der Waals surface area contributed by atoms with Gasteiger partial charge in [0.25, 0.3) is 0 Å². The molecule has 1 aliphatic rings. The molecule has 2 nitrogen and oxygen atoms in total. The van der Waals surface area contributed by atoms with Crippen molar-refractivity contribution in [2.45, 2.75) is 12.3 Å². The molecule has 57 heavy (non-hydrogen) atoms. The molecule has 0 radical (unpaired) electrons. The first kappa shape index (κ1) is 34.2. The summed E-state index contributed by atoms with van der Waals surface area (Å²) in [6.45, 7) is 2.22. The van der Waals surface area contributed by atoms with E-state index in [1.54, 1.807) is 0 Å². The zero-order valence-corrected chi connectivity index (χ0v) is 31.6. The molecule has 1 aromatic heterocycles. The Kier molecular flexibility index (Phi) is 8.65. The van der Waals surface area contributed by atoms with E-state index < -0.39 is 5.41 Å². The zero-order chi connectivity index (χ0) is 38.2. The summed E-state index contributed by atoms with van der Waals surface area (Å²) in [6, 6.07) is 77.9. The van der Waals surface area contributed by atoms with Crippen LogP contribution in [0.5, 0.6) is 11.5 Å². The van der Waals surface area contributed by atoms with Crippen molar-refractivity contribution in [3.63, 3.8) is 0 Å². The Morgan fingerprint density at radius 2 is 0.860 bits per heavy atom. The van der Waals surface area contributed by atoms with Crippen LogP contribution in [-0.4, -0.2) is 4.98 Å². The minimum Gasteiger partial charge on any atom is -0.457 e. The van der Waals surface area contributed by atoms with E-state index in [0.717, 1.165) is 61.8 Å². The fourth-order valence-electron chi connectivity index (χ4n) is 8.85. The van der Waals surface area contributed by atoms with Crippen LogP contribution in [0.1, 0.15) is 27.8 Å². The van der Waals surface area contributed by atoms with Crippen LogP contribution in [0.4, 0.5) is 0 Å².